The van der Waals surface area contributed by atoms with Gasteiger partial charge in [-0.3, -0.25) is 0 Å². The second-order valence-electron chi connectivity index (χ2n) is 5.51. The molecular weight excluding hydrogens is 286 g/mol. The van der Waals surface area contributed by atoms with Crippen molar-refractivity contribution in [3.8, 4) is 0 Å². The monoisotopic (exact) mass is 311 g/mol. The zero-order chi connectivity index (χ0) is 14.4. The number of thioether (sulfide) groups is 2. The molecule has 0 aliphatic carbocycles. The number of aliphatic hydroxyl groups is 1. The summed E-state index contributed by atoms with van der Waals surface area (Å²) in [5, 5.41) is 10.8. The standard InChI is InChI=1S/C16H25NOS2/c1-13(17)7-5-10-15(18)16(19-11-6-12-20-16)14-8-3-2-4-9-14/h2-4,8-9,13,15,18H,5-7,10-12,17H2,1H3. The summed E-state index contributed by atoms with van der Waals surface area (Å²) in [6, 6.07) is 10.7. The van der Waals surface area contributed by atoms with E-state index in [0.717, 1.165) is 30.8 Å². The molecule has 2 unspecified atom stereocenters. The van der Waals surface area contributed by atoms with E-state index in [1.165, 1.54) is 12.0 Å². The summed E-state index contributed by atoms with van der Waals surface area (Å²) in [4.78, 5) is 0. The van der Waals surface area contributed by atoms with Gasteiger partial charge in [0.25, 0.3) is 0 Å². The first-order valence-corrected chi connectivity index (χ1v) is 9.39. The topological polar surface area (TPSA) is 46.2 Å². The Hall–Kier alpha value is -0.160. The van der Waals surface area contributed by atoms with Crippen LogP contribution in [0.25, 0.3) is 0 Å². The van der Waals surface area contributed by atoms with Crippen molar-refractivity contribution >= 4 is 23.5 Å². The van der Waals surface area contributed by atoms with Gasteiger partial charge < -0.3 is 10.8 Å². The van der Waals surface area contributed by atoms with E-state index in [4.69, 9.17) is 5.73 Å². The Bertz CT molecular complexity index is 391. The number of hydrogen-bond donors (Lipinski definition) is 2. The van der Waals surface area contributed by atoms with Crippen LogP contribution in [0.5, 0.6) is 0 Å². The van der Waals surface area contributed by atoms with E-state index in [1.54, 1.807) is 0 Å². The molecule has 1 saturated heterocycles. The summed E-state index contributed by atoms with van der Waals surface area (Å²) in [5.41, 5.74) is 7.06. The average molecular weight is 312 g/mol. The average Bonchev–Trinajstić information content (AvgIpc) is 2.48. The number of hydrogen-bond acceptors (Lipinski definition) is 4. The molecule has 1 heterocycles. The van der Waals surface area contributed by atoms with Crippen LogP contribution in [0.2, 0.25) is 0 Å². The quantitative estimate of drug-likeness (QED) is 0.843. The van der Waals surface area contributed by atoms with E-state index in [1.807, 2.05) is 36.5 Å². The van der Waals surface area contributed by atoms with E-state index >= 15 is 0 Å². The van der Waals surface area contributed by atoms with Crippen molar-refractivity contribution in [2.45, 2.75) is 48.8 Å². The Morgan fingerprint density at radius 1 is 1.20 bits per heavy atom. The molecule has 0 radical (unpaired) electrons. The van der Waals surface area contributed by atoms with E-state index in [0.29, 0.717) is 0 Å². The smallest absolute Gasteiger partial charge is 0.112 e. The van der Waals surface area contributed by atoms with Crippen LogP contribution in [0.3, 0.4) is 0 Å². The predicted molar refractivity (Wildman–Crippen MR) is 91.2 cm³/mol. The summed E-state index contributed by atoms with van der Waals surface area (Å²) < 4.78 is -0.183. The molecule has 20 heavy (non-hydrogen) atoms. The Morgan fingerprint density at radius 3 is 2.45 bits per heavy atom. The van der Waals surface area contributed by atoms with Crippen LogP contribution in [-0.4, -0.2) is 28.8 Å². The van der Waals surface area contributed by atoms with Crippen molar-refractivity contribution in [1.82, 2.24) is 0 Å². The lowest BCUT2D eigenvalue weighted by atomic mass is 10.0. The van der Waals surface area contributed by atoms with Gasteiger partial charge in [-0.2, -0.15) is 0 Å². The summed E-state index contributed by atoms with van der Waals surface area (Å²) in [5.74, 6) is 2.26. The predicted octanol–water partition coefficient (Wildman–Crippen LogP) is 3.59. The van der Waals surface area contributed by atoms with Crippen LogP contribution in [-0.2, 0) is 4.08 Å². The maximum Gasteiger partial charge on any atom is 0.112 e. The van der Waals surface area contributed by atoms with Crippen LogP contribution >= 0.6 is 23.5 Å². The van der Waals surface area contributed by atoms with Crippen molar-refractivity contribution in [3.63, 3.8) is 0 Å². The first kappa shape index (κ1) is 16.2. The SMILES string of the molecule is CC(N)CCCC(O)C1(c2ccccc2)SCCCS1. The molecule has 2 rings (SSSR count). The highest BCUT2D eigenvalue weighted by molar-refractivity contribution is 8.18. The van der Waals surface area contributed by atoms with Gasteiger partial charge in [0.2, 0.25) is 0 Å². The molecule has 0 spiro atoms. The fourth-order valence-electron chi connectivity index (χ4n) is 2.59. The van der Waals surface area contributed by atoms with Crippen molar-refractivity contribution in [3.05, 3.63) is 35.9 Å². The molecule has 4 heteroatoms. The molecule has 0 aromatic heterocycles. The first-order valence-electron chi connectivity index (χ1n) is 7.42. The molecule has 1 aromatic carbocycles. The molecule has 2 atom stereocenters. The van der Waals surface area contributed by atoms with Crippen LogP contribution in [0.15, 0.2) is 30.3 Å². The van der Waals surface area contributed by atoms with E-state index < -0.39 is 0 Å². The maximum atomic E-state index is 10.8. The lowest BCUT2D eigenvalue weighted by molar-refractivity contribution is 0.146. The Morgan fingerprint density at radius 2 is 1.85 bits per heavy atom. The van der Waals surface area contributed by atoms with Crippen molar-refractivity contribution in [2.75, 3.05) is 11.5 Å². The lowest BCUT2D eigenvalue weighted by Crippen LogP contribution is -2.36. The first-order chi connectivity index (χ1) is 9.65. The Labute approximate surface area is 130 Å². The third kappa shape index (κ3) is 3.94. The van der Waals surface area contributed by atoms with Crippen molar-refractivity contribution in [1.29, 1.82) is 0 Å². The van der Waals surface area contributed by atoms with Crippen molar-refractivity contribution in [2.24, 2.45) is 5.73 Å². The minimum Gasteiger partial charge on any atom is -0.390 e. The Balaban J connectivity index is 2.10. The Kier molecular flexibility index (Phi) is 6.27. The van der Waals surface area contributed by atoms with Gasteiger partial charge in [-0.05, 0) is 49.7 Å². The van der Waals surface area contributed by atoms with Gasteiger partial charge in [-0.15, -0.1) is 23.5 Å². The summed E-state index contributed by atoms with van der Waals surface area (Å²) in [6.45, 7) is 2.03. The third-order valence-corrected chi connectivity index (χ3v) is 7.24. The van der Waals surface area contributed by atoms with Crippen LogP contribution in [0.4, 0.5) is 0 Å². The largest absolute Gasteiger partial charge is 0.390 e. The van der Waals surface area contributed by atoms with Gasteiger partial charge in [-0.25, -0.2) is 0 Å². The number of nitrogens with two attached hydrogens (primary N) is 1. The van der Waals surface area contributed by atoms with Gasteiger partial charge in [0, 0.05) is 6.04 Å². The molecule has 1 fully saturated rings. The van der Waals surface area contributed by atoms with Crippen LogP contribution in [0.1, 0.15) is 38.2 Å². The zero-order valence-corrected chi connectivity index (χ0v) is 13.8. The van der Waals surface area contributed by atoms with Gasteiger partial charge in [0.05, 0.1) is 6.10 Å². The highest BCUT2D eigenvalue weighted by Crippen LogP contribution is 2.53. The molecule has 112 valence electrons. The highest BCUT2D eigenvalue weighted by Gasteiger charge is 2.41. The molecule has 1 aromatic rings. The molecule has 1 aliphatic rings. The summed E-state index contributed by atoms with van der Waals surface area (Å²) >= 11 is 3.82. The molecule has 0 bridgehead atoms. The number of rotatable bonds is 6. The minimum absolute atomic E-state index is 0.183. The molecule has 1 aliphatic heterocycles. The maximum absolute atomic E-state index is 10.8. The van der Waals surface area contributed by atoms with Crippen molar-refractivity contribution < 1.29 is 5.11 Å². The van der Waals surface area contributed by atoms with E-state index in [-0.39, 0.29) is 16.2 Å². The van der Waals surface area contributed by atoms with Gasteiger partial charge in [0.15, 0.2) is 0 Å². The van der Waals surface area contributed by atoms with Gasteiger partial charge in [-0.1, -0.05) is 30.3 Å². The van der Waals surface area contributed by atoms with Crippen LogP contribution in [0, 0.1) is 0 Å². The van der Waals surface area contributed by atoms with E-state index in [9.17, 15) is 5.11 Å². The van der Waals surface area contributed by atoms with Gasteiger partial charge >= 0.3 is 0 Å². The number of aliphatic hydroxyl groups excluding tert-OH is 1. The molecular formula is C16H25NOS2. The fraction of sp³-hybridized carbons (Fsp3) is 0.625. The second kappa shape index (κ2) is 7.74. The zero-order valence-electron chi connectivity index (χ0n) is 12.1. The summed E-state index contributed by atoms with van der Waals surface area (Å²) in [6.07, 6.45) is 3.73. The number of benzene rings is 1. The third-order valence-electron chi connectivity index (χ3n) is 3.67. The molecule has 3 N–H and O–H groups in total. The fourth-order valence-corrected chi connectivity index (χ4v) is 6.02. The molecule has 2 nitrogen and oxygen atoms in total. The summed E-state index contributed by atoms with van der Waals surface area (Å²) in [7, 11) is 0. The molecule has 0 saturated carbocycles. The molecule has 0 amide bonds. The van der Waals surface area contributed by atoms with E-state index in [2.05, 4.69) is 24.3 Å². The normalized spacial score (nSPS) is 21.4. The second-order valence-corrected chi connectivity index (χ2v) is 8.45. The van der Waals surface area contributed by atoms with Crippen LogP contribution < -0.4 is 5.73 Å². The van der Waals surface area contributed by atoms with Gasteiger partial charge in [0.1, 0.15) is 4.08 Å². The lowest BCUT2D eigenvalue weighted by Gasteiger charge is -2.40. The minimum atomic E-state index is -0.307. The highest BCUT2D eigenvalue weighted by atomic mass is 32.2.